The molecule has 2 aromatic heterocycles. The molecular formula is C36H27N3OS. The second kappa shape index (κ2) is 8.45. The Morgan fingerprint density at radius 1 is 0.805 bits per heavy atom. The highest BCUT2D eigenvalue weighted by Gasteiger charge is 2.35. The Bertz CT molecular complexity index is 2180. The quantitative estimate of drug-likeness (QED) is 0.211. The standard InChI is InChI=1S/C36H27N3OS/c37-21-11-15-32-28(18-21)27-17-20(9-14-31(27)40-32)23-12-10-22(38)19-30(23)39-29-7-3-1-5-24(29)25-13-16-34-35(36(25)39)26-6-2-4-8-33(26)41-34/h2-4,6-19,26,33H,1,5,37-38H2. The molecule has 4 nitrogen and oxygen atoms in total. The van der Waals surface area contributed by atoms with Gasteiger partial charge in [0.1, 0.15) is 11.2 Å². The summed E-state index contributed by atoms with van der Waals surface area (Å²) in [6.07, 6.45) is 15.8. The van der Waals surface area contributed by atoms with E-state index in [2.05, 4.69) is 83.5 Å². The maximum atomic E-state index is 6.53. The number of nitrogens with two attached hydrogens (primary N) is 2. The van der Waals surface area contributed by atoms with Crippen molar-refractivity contribution in [2.45, 2.75) is 28.9 Å². The number of allylic oxidation sites excluding steroid dienone is 4. The second-order valence-electron chi connectivity index (χ2n) is 11.2. The Kier molecular flexibility index (Phi) is 4.77. The molecule has 6 aromatic rings. The predicted octanol–water partition coefficient (Wildman–Crippen LogP) is 9.00. The smallest absolute Gasteiger partial charge is 0.135 e. The van der Waals surface area contributed by atoms with Crippen LogP contribution in [0.2, 0.25) is 0 Å². The first-order chi connectivity index (χ1) is 20.1. The van der Waals surface area contributed by atoms with Crippen molar-refractivity contribution in [1.29, 1.82) is 0 Å². The van der Waals surface area contributed by atoms with Gasteiger partial charge in [0.25, 0.3) is 0 Å². The SMILES string of the molecule is Nc1ccc(-c2ccc3oc4ccc(N)cc4c3c2)c(-n2c3c(c4ccc5c(c42)C2C=CC=CC2S5)CCC=C3)c1. The van der Waals surface area contributed by atoms with E-state index in [4.69, 9.17) is 15.9 Å². The fraction of sp³-hybridized carbons (Fsp3) is 0.111. The van der Waals surface area contributed by atoms with Crippen molar-refractivity contribution in [3.8, 4) is 16.8 Å². The lowest BCUT2D eigenvalue weighted by Gasteiger charge is -2.20. The Labute approximate surface area is 241 Å². The summed E-state index contributed by atoms with van der Waals surface area (Å²) in [5, 5.41) is 3.88. The Balaban J connectivity index is 1.35. The van der Waals surface area contributed by atoms with Gasteiger partial charge in [-0.05, 0) is 84.1 Å². The van der Waals surface area contributed by atoms with Gasteiger partial charge < -0.3 is 20.5 Å². The van der Waals surface area contributed by atoms with Crippen LogP contribution in [0.5, 0.6) is 0 Å². The minimum atomic E-state index is 0.353. The maximum absolute atomic E-state index is 6.53. The van der Waals surface area contributed by atoms with Gasteiger partial charge in [-0.1, -0.05) is 48.6 Å². The molecule has 0 saturated heterocycles. The van der Waals surface area contributed by atoms with Crippen molar-refractivity contribution in [3.63, 3.8) is 0 Å². The van der Waals surface area contributed by atoms with E-state index in [1.54, 1.807) is 0 Å². The van der Waals surface area contributed by atoms with Gasteiger partial charge in [-0.25, -0.2) is 0 Å². The van der Waals surface area contributed by atoms with Crippen molar-refractivity contribution >= 4 is 62.1 Å². The third-order valence-electron chi connectivity index (χ3n) is 8.86. The number of furan rings is 1. The van der Waals surface area contributed by atoms with E-state index in [1.165, 1.54) is 32.6 Å². The molecule has 4 aromatic carbocycles. The lowest BCUT2D eigenvalue weighted by molar-refractivity contribution is 0.669. The lowest BCUT2D eigenvalue weighted by atomic mass is 9.90. The van der Waals surface area contributed by atoms with Crippen LogP contribution in [0.25, 0.3) is 55.7 Å². The highest BCUT2D eigenvalue weighted by molar-refractivity contribution is 8.00. The molecule has 0 fully saturated rings. The highest BCUT2D eigenvalue weighted by atomic mass is 32.2. The minimum Gasteiger partial charge on any atom is -0.456 e. The van der Waals surface area contributed by atoms with E-state index in [0.29, 0.717) is 11.2 Å². The lowest BCUT2D eigenvalue weighted by Crippen LogP contribution is -2.09. The number of hydrogen-bond donors (Lipinski definition) is 2. The van der Waals surface area contributed by atoms with Crippen LogP contribution >= 0.6 is 11.8 Å². The van der Waals surface area contributed by atoms with E-state index >= 15 is 0 Å². The average Bonchev–Trinajstić information content (AvgIpc) is 3.66. The van der Waals surface area contributed by atoms with Crippen LogP contribution in [0.4, 0.5) is 11.4 Å². The summed E-state index contributed by atoms with van der Waals surface area (Å²) < 4.78 is 8.64. The van der Waals surface area contributed by atoms with Gasteiger partial charge in [-0.2, -0.15) is 0 Å². The zero-order chi connectivity index (χ0) is 27.2. The first kappa shape index (κ1) is 23.1. The third kappa shape index (κ3) is 3.30. The van der Waals surface area contributed by atoms with Gasteiger partial charge in [0.15, 0.2) is 0 Å². The Hall–Kier alpha value is -4.61. The van der Waals surface area contributed by atoms with Crippen molar-refractivity contribution in [3.05, 3.63) is 114 Å². The number of hydrogen-bond acceptors (Lipinski definition) is 4. The molecule has 2 unspecified atom stereocenters. The first-order valence-electron chi connectivity index (χ1n) is 14.1. The summed E-state index contributed by atoms with van der Waals surface area (Å²) in [7, 11) is 0. The fourth-order valence-electron chi connectivity index (χ4n) is 7.05. The van der Waals surface area contributed by atoms with Crippen LogP contribution in [0.1, 0.15) is 29.2 Å². The van der Waals surface area contributed by atoms with Gasteiger partial charge >= 0.3 is 0 Å². The zero-order valence-electron chi connectivity index (χ0n) is 22.3. The van der Waals surface area contributed by atoms with Crippen molar-refractivity contribution < 1.29 is 4.42 Å². The maximum Gasteiger partial charge on any atom is 0.135 e. The molecule has 0 spiro atoms. The number of aromatic nitrogens is 1. The number of anilines is 2. The van der Waals surface area contributed by atoms with E-state index in [9.17, 15) is 0 Å². The highest BCUT2D eigenvalue weighted by Crippen LogP contribution is 2.53. The zero-order valence-corrected chi connectivity index (χ0v) is 23.1. The minimum absolute atomic E-state index is 0.353. The first-order valence-corrected chi connectivity index (χ1v) is 15.0. The van der Waals surface area contributed by atoms with E-state index < -0.39 is 0 Å². The average molecular weight is 550 g/mol. The molecule has 0 bridgehead atoms. The Morgan fingerprint density at radius 2 is 1.61 bits per heavy atom. The largest absolute Gasteiger partial charge is 0.456 e. The third-order valence-corrected chi connectivity index (χ3v) is 10.2. The number of nitrogens with zero attached hydrogens (tertiary/aromatic N) is 1. The van der Waals surface area contributed by atoms with Crippen LogP contribution in [0, 0.1) is 0 Å². The van der Waals surface area contributed by atoms with Crippen LogP contribution < -0.4 is 11.5 Å². The van der Waals surface area contributed by atoms with Gasteiger partial charge in [0.05, 0.1) is 11.2 Å². The molecular weight excluding hydrogens is 522 g/mol. The molecule has 2 aliphatic carbocycles. The van der Waals surface area contributed by atoms with Crippen molar-refractivity contribution in [2.75, 3.05) is 11.5 Å². The summed E-state index contributed by atoms with van der Waals surface area (Å²) in [5.74, 6) is 0.353. The molecule has 5 heteroatoms. The molecule has 1 aliphatic heterocycles. The van der Waals surface area contributed by atoms with E-state index in [1.807, 2.05) is 36.0 Å². The summed E-state index contributed by atoms with van der Waals surface area (Å²) in [4.78, 5) is 1.37. The number of thioether (sulfide) groups is 1. The number of rotatable bonds is 2. The van der Waals surface area contributed by atoms with Crippen LogP contribution in [0.3, 0.4) is 0 Å². The molecule has 4 N–H and O–H groups in total. The summed E-state index contributed by atoms with van der Waals surface area (Å²) in [5.41, 5.74) is 24.7. The topological polar surface area (TPSA) is 70.1 Å². The molecule has 2 atom stereocenters. The monoisotopic (exact) mass is 549 g/mol. The van der Waals surface area contributed by atoms with Crippen LogP contribution in [0.15, 0.2) is 106 Å². The number of aryl methyl sites for hydroxylation is 1. The molecule has 0 amide bonds. The summed E-state index contributed by atoms with van der Waals surface area (Å²) in [6.45, 7) is 0. The number of benzene rings is 4. The second-order valence-corrected chi connectivity index (χ2v) is 12.5. The summed E-state index contributed by atoms with van der Waals surface area (Å²) >= 11 is 1.98. The molecule has 0 radical (unpaired) electrons. The van der Waals surface area contributed by atoms with E-state index in [-0.39, 0.29) is 0 Å². The van der Waals surface area contributed by atoms with Crippen LogP contribution in [-0.4, -0.2) is 9.82 Å². The van der Waals surface area contributed by atoms with Crippen LogP contribution in [-0.2, 0) is 6.42 Å². The number of nitrogen functional groups attached to an aromatic ring is 2. The van der Waals surface area contributed by atoms with Crippen molar-refractivity contribution in [1.82, 2.24) is 4.57 Å². The fourth-order valence-corrected chi connectivity index (χ4v) is 8.39. The van der Waals surface area contributed by atoms with Gasteiger partial charge in [-0.3, -0.25) is 0 Å². The molecule has 198 valence electrons. The molecule has 3 aliphatic rings. The van der Waals surface area contributed by atoms with E-state index in [0.717, 1.165) is 63.0 Å². The van der Waals surface area contributed by atoms with Gasteiger partial charge in [0.2, 0.25) is 0 Å². The normalized spacial score (nSPS) is 18.8. The predicted molar refractivity (Wildman–Crippen MR) is 173 cm³/mol. The molecule has 9 rings (SSSR count). The number of fused-ring (bicyclic) bond motifs is 10. The summed E-state index contributed by atoms with van der Waals surface area (Å²) in [6, 6.07) is 23.3. The van der Waals surface area contributed by atoms with Crippen molar-refractivity contribution in [2.24, 2.45) is 0 Å². The Morgan fingerprint density at radius 3 is 2.54 bits per heavy atom. The molecule has 3 heterocycles. The molecule has 41 heavy (non-hydrogen) atoms. The molecule has 0 saturated carbocycles. The van der Waals surface area contributed by atoms with Gasteiger partial charge in [0, 0.05) is 54.9 Å². The van der Waals surface area contributed by atoms with Gasteiger partial charge in [-0.15, -0.1) is 11.8 Å².